The van der Waals surface area contributed by atoms with Crippen molar-refractivity contribution >= 4 is 23.1 Å². The molecule has 1 heterocycles. The number of hydrogen-bond donors (Lipinski definition) is 3. The first-order valence-corrected chi connectivity index (χ1v) is 4.96. The minimum absolute atomic E-state index is 0.152. The molecule has 0 saturated carbocycles. The predicted molar refractivity (Wildman–Crippen MR) is 59.9 cm³/mol. The average Bonchev–Trinajstić information content (AvgIpc) is 2.28. The molecule has 94 valence electrons. The number of anilines is 1. The van der Waals surface area contributed by atoms with Gasteiger partial charge < -0.3 is 15.5 Å². The molecule has 0 spiro atoms. The van der Waals surface area contributed by atoms with Gasteiger partial charge in [-0.25, -0.2) is 9.97 Å². The minimum atomic E-state index is -1.14. The normalized spacial score (nSPS) is 11.3. The number of rotatable bonds is 5. The third-order valence-corrected chi connectivity index (χ3v) is 2.35. The summed E-state index contributed by atoms with van der Waals surface area (Å²) in [4.78, 5) is 17.2. The van der Waals surface area contributed by atoms with E-state index in [-0.39, 0.29) is 11.0 Å². The van der Waals surface area contributed by atoms with Crippen LogP contribution in [0.15, 0.2) is 6.33 Å². The van der Waals surface area contributed by atoms with Gasteiger partial charge in [0, 0.05) is 0 Å². The van der Waals surface area contributed by atoms with Gasteiger partial charge in [0.15, 0.2) is 0 Å². The Balaban J connectivity index is 3.15. The van der Waals surface area contributed by atoms with Gasteiger partial charge in [0.2, 0.25) is 11.0 Å². The smallest absolute Gasteiger partial charge is 0.348 e. The fourth-order valence-corrected chi connectivity index (χ4v) is 1.23. The van der Waals surface area contributed by atoms with Crippen LogP contribution in [0.2, 0.25) is 5.15 Å². The molecule has 0 bridgehead atoms. The van der Waals surface area contributed by atoms with Crippen LogP contribution in [-0.2, 0) is 0 Å². The number of nitro groups is 1. The lowest BCUT2D eigenvalue weighted by atomic mass is 10.1. The Morgan fingerprint density at radius 1 is 1.53 bits per heavy atom. The highest BCUT2D eigenvalue weighted by atomic mass is 35.5. The fraction of sp³-hybridized carbons (Fsp3) is 0.500. The summed E-state index contributed by atoms with van der Waals surface area (Å²) in [5, 5.41) is 31.2. The van der Waals surface area contributed by atoms with Gasteiger partial charge in [-0.3, -0.25) is 10.1 Å². The summed E-state index contributed by atoms with van der Waals surface area (Å²) in [6, 6.07) is 0. The molecule has 17 heavy (non-hydrogen) atoms. The molecule has 0 unspecified atom stereocenters. The summed E-state index contributed by atoms with van der Waals surface area (Å²) in [5.41, 5.74) is -1.63. The highest BCUT2D eigenvalue weighted by Gasteiger charge is 2.29. The molecule has 1 aromatic heterocycles. The van der Waals surface area contributed by atoms with E-state index in [1.807, 2.05) is 0 Å². The summed E-state index contributed by atoms with van der Waals surface area (Å²) in [7, 11) is 0. The molecule has 0 saturated heterocycles. The number of halogens is 1. The van der Waals surface area contributed by atoms with Gasteiger partial charge in [0.25, 0.3) is 0 Å². The van der Waals surface area contributed by atoms with Crippen molar-refractivity contribution in [2.75, 3.05) is 18.5 Å². The molecule has 0 fully saturated rings. The molecule has 0 aliphatic heterocycles. The van der Waals surface area contributed by atoms with Crippen molar-refractivity contribution in [1.82, 2.24) is 9.97 Å². The fourth-order valence-electron chi connectivity index (χ4n) is 1.03. The van der Waals surface area contributed by atoms with Crippen molar-refractivity contribution < 1.29 is 15.1 Å². The maximum atomic E-state index is 10.8. The molecule has 8 nitrogen and oxygen atoms in total. The summed E-state index contributed by atoms with van der Waals surface area (Å²) >= 11 is 5.58. The van der Waals surface area contributed by atoms with Crippen LogP contribution in [0.1, 0.15) is 6.92 Å². The Morgan fingerprint density at radius 2 is 2.12 bits per heavy atom. The van der Waals surface area contributed by atoms with Crippen molar-refractivity contribution in [2.24, 2.45) is 0 Å². The van der Waals surface area contributed by atoms with Crippen LogP contribution in [0.4, 0.5) is 11.5 Å². The Labute approximate surface area is 101 Å². The van der Waals surface area contributed by atoms with Crippen LogP contribution in [-0.4, -0.2) is 43.9 Å². The molecule has 0 aliphatic carbocycles. The van der Waals surface area contributed by atoms with Gasteiger partial charge >= 0.3 is 5.69 Å². The summed E-state index contributed by atoms with van der Waals surface area (Å²) in [5.74, 6) is -0.152. The minimum Gasteiger partial charge on any atom is -0.394 e. The Kier molecular flexibility index (Phi) is 4.16. The molecule has 3 N–H and O–H groups in total. The standard InChI is InChI=1S/C8H11ClN4O4/c1-8(2-14,3-15)12-7-5(13(16)17)6(9)10-4-11-7/h4,14-15H,2-3H2,1H3,(H,10,11,12). The zero-order valence-corrected chi connectivity index (χ0v) is 9.68. The lowest BCUT2D eigenvalue weighted by molar-refractivity contribution is -0.384. The van der Waals surface area contributed by atoms with Crippen LogP contribution < -0.4 is 5.32 Å². The van der Waals surface area contributed by atoms with Crippen molar-refractivity contribution in [2.45, 2.75) is 12.5 Å². The number of aliphatic hydroxyl groups excluding tert-OH is 2. The molecule has 1 rings (SSSR count). The predicted octanol–water partition coefficient (Wildman–Crippen LogP) is 0.193. The Bertz CT molecular complexity index is 424. The third kappa shape index (κ3) is 2.99. The Morgan fingerprint density at radius 3 is 2.59 bits per heavy atom. The molecule has 0 aliphatic rings. The SMILES string of the molecule is CC(CO)(CO)Nc1ncnc(Cl)c1[N+](=O)[O-]. The first-order valence-electron chi connectivity index (χ1n) is 4.58. The van der Waals surface area contributed by atoms with Crippen LogP contribution in [0, 0.1) is 10.1 Å². The number of nitrogens with one attached hydrogen (secondary N) is 1. The van der Waals surface area contributed by atoms with Crippen LogP contribution >= 0.6 is 11.6 Å². The van der Waals surface area contributed by atoms with E-state index in [4.69, 9.17) is 21.8 Å². The van der Waals surface area contributed by atoms with E-state index in [1.165, 1.54) is 6.92 Å². The molecule has 0 radical (unpaired) electrons. The first kappa shape index (κ1) is 13.6. The van der Waals surface area contributed by atoms with Gasteiger partial charge in [-0.2, -0.15) is 0 Å². The highest BCUT2D eigenvalue weighted by Crippen LogP contribution is 2.30. The summed E-state index contributed by atoms with van der Waals surface area (Å²) in [6.07, 6.45) is 1.05. The van der Waals surface area contributed by atoms with Gasteiger partial charge in [-0.15, -0.1) is 0 Å². The van der Waals surface area contributed by atoms with Crippen molar-refractivity contribution in [3.05, 3.63) is 21.6 Å². The van der Waals surface area contributed by atoms with Crippen LogP contribution in [0.5, 0.6) is 0 Å². The second-order valence-corrected chi connectivity index (χ2v) is 3.98. The average molecular weight is 263 g/mol. The van der Waals surface area contributed by atoms with Gasteiger partial charge in [-0.05, 0) is 6.92 Å². The number of nitrogens with zero attached hydrogens (tertiary/aromatic N) is 3. The molecule has 1 aromatic rings. The van der Waals surface area contributed by atoms with Crippen molar-refractivity contribution in [1.29, 1.82) is 0 Å². The zero-order chi connectivity index (χ0) is 13.1. The van der Waals surface area contributed by atoms with E-state index in [0.717, 1.165) is 6.33 Å². The van der Waals surface area contributed by atoms with E-state index in [2.05, 4.69) is 15.3 Å². The Hall–Kier alpha value is -1.51. The van der Waals surface area contributed by atoms with E-state index in [0.29, 0.717) is 0 Å². The maximum Gasteiger partial charge on any atom is 0.348 e. The monoisotopic (exact) mass is 262 g/mol. The molecular formula is C8H11ClN4O4. The summed E-state index contributed by atoms with van der Waals surface area (Å²) < 4.78 is 0. The summed E-state index contributed by atoms with van der Waals surface area (Å²) in [6.45, 7) is 0.622. The number of aliphatic hydroxyl groups is 2. The molecule has 0 aromatic carbocycles. The lowest BCUT2D eigenvalue weighted by Crippen LogP contribution is -2.43. The van der Waals surface area contributed by atoms with E-state index >= 15 is 0 Å². The van der Waals surface area contributed by atoms with Gasteiger partial charge in [0.1, 0.15) is 6.33 Å². The quantitative estimate of drug-likeness (QED) is 0.393. The van der Waals surface area contributed by atoms with E-state index in [9.17, 15) is 10.1 Å². The first-order chi connectivity index (χ1) is 7.93. The van der Waals surface area contributed by atoms with E-state index < -0.39 is 29.4 Å². The topological polar surface area (TPSA) is 121 Å². The molecular weight excluding hydrogens is 252 g/mol. The van der Waals surface area contributed by atoms with Gasteiger partial charge in [-0.1, -0.05) is 11.6 Å². The molecule has 9 heteroatoms. The second-order valence-electron chi connectivity index (χ2n) is 3.62. The van der Waals surface area contributed by atoms with Crippen molar-refractivity contribution in [3.8, 4) is 0 Å². The number of hydrogen-bond acceptors (Lipinski definition) is 7. The van der Waals surface area contributed by atoms with E-state index in [1.54, 1.807) is 0 Å². The third-order valence-electron chi connectivity index (χ3n) is 2.08. The number of aromatic nitrogens is 2. The molecule has 0 amide bonds. The largest absolute Gasteiger partial charge is 0.394 e. The highest BCUT2D eigenvalue weighted by molar-refractivity contribution is 6.31. The van der Waals surface area contributed by atoms with Crippen molar-refractivity contribution in [3.63, 3.8) is 0 Å². The zero-order valence-electron chi connectivity index (χ0n) is 8.92. The maximum absolute atomic E-state index is 10.8. The lowest BCUT2D eigenvalue weighted by Gasteiger charge is -2.26. The van der Waals surface area contributed by atoms with Crippen LogP contribution in [0.25, 0.3) is 0 Å². The molecule has 0 atom stereocenters. The van der Waals surface area contributed by atoms with Crippen LogP contribution in [0.3, 0.4) is 0 Å². The van der Waals surface area contributed by atoms with Gasteiger partial charge in [0.05, 0.1) is 23.7 Å². The second kappa shape index (κ2) is 5.21.